The van der Waals surface area contributed by atoms with Crippen molar-refractivity contribution in [2.24, 2.45) is 10.8 Å². The van der Waals surface area contributed by atoms with E-state index in [2.05, 4.69) is 26.4 Å². The normalized spacial score (nSPS) is 14.1. The van der Waals surface area contributed by atoms with E-state index in [4.69, 9.17) is 4.74 Å². The number of benzene rings is 2. The molecule has 2 aromatic carbocycles. The van der Waals surface area contributed by atoms with Crippen molar-refractivity contribution >= 4 is 23.8 Å². The zero-order valence-electron chi connectivity index (χ0n) is 30.4. The number of methoxy groups -OCH3 is 1. The lowest BCUT2D eigenvalue weighted by atomic mass is 9.84. The Kier molecular flexibility index (Phi) is 13.6. The molecule has 0 aliphatic carbocycles. The maximum Gasteiger partial charge on any atom is 0.407 e. The molecular weight excluding hydrogens is 636 g/mol. The first-order valence-corrected chi connectivity index (χ1v) is 16.6. The molecule has 50 heavy (non-hydrogen) atoms. The SMILES string of the molecule is CNC(=O)[C@@H](NC(=O)[C@@](O)(CCN(Cc1ccc(-c2ccncc2)cc1)NC(=O)[C@@H](NC(=O)OC)C(C)(C)C)Cc1ccccc1)C(C)(C)C. The summed E-state index contributed by atoms with van der Waals surface area (Å²) >= 11 is 0. The van der Waals surface area contributed by atoms with Crippen LogP contribution in [0.3, 0.4) is 0 Å². The number of hydrazine groups is 1. The molecule has 4 amide bonds. The zero-order chi connectivity index (χ0) is 37.1. The van der Waals surface area contributed by atoms with Gasteiger partial charge in [0.15, 0.2) is 0 Å². The lowest BCUT2D eigenvalue weighted by Gasteiger charge is -2.36. The molecule has 0 fully saturated rings. The van der Waals surface area contributed by atoms with Crippen LogP contribution >= 0.6 is 0 Å². The van der Waals surface area contributed by atoms with Crippen LogP contribution in [0, 0.1) is 10.8 Å². The van der Waals surface area contributed by atoms with Gasteiger partial charge in [-0.2, -0.15) is 0 Å². The maximum atomic E-state index is 14.0. The molecule has 3 rings (SSSR count). The highest BCUT2D eigenvalue weighted by molar-refractivity contribution is 5.92. The van der Waals surface area contributed by atoms with Crippen LogP contribution < -0.4 is 21.4 Å². The Hall–Kier alpha value is -4.81. The average Bonchev–Trinajstić information content (AvgIpc) is 3.08. The molecule has 0 spiro atoms. The maximum absolute atomic E-state index is 14.0. The number of carbonyl (C=O) groups excluding carboxylic acids is 4. The van der Waals surface area contributed by atoms with Gasteiger partial charge in [-0.05, 0) is 45.2 Å². The lowest BCUT2D eigenvalue weighted by molar-refractivity contribution is -0.145. The summed E-state index contributed by atoms with van der Waals surface area (Å²) in [6.07, 6.45) is 2.54. The number of alkyl carbamates (subject to hydrolysis) is 1. The summed E-state index contributed by atoms with van der Waals surface area (Å²) in [5.74, 6) is -1.60. The first kappa shape index (κ1) is 39.6. The van der Waals surface area contributed by atoms with Gasteiger partial charge in [0, 0.05) is 45.4 Å². The Bertz CT molecular complexity index is 1570. The molecule has 3 aromatic rings. The largest absolute Gasteiger partial charge is 0.453 e. The van der Waals surface area contributed by atoms with E-state index < -0.39 is 46.4 Å². The number of pyridine rings is 1. The fourth-order valence-electron chi connectivity index (χ4n) is 5.44. The highest BCUT2D eigenvalue weighted by atomic mass is 16.5. The Labute approximate surface area is 295 Å². The summed E-state index contributed by atoms with van der Waals surface area (Å²) in [7, 11) is 2.72. The number of hydrogen-bond acceptors (Lipinski definition) is 8. The predicted molar refractivity (Wildman–Crippen MR) is 192 cm³/mol. The van der Waals surface area contributed by atoms with Gasteiger partial charge in [0.2, 0.25) is 5.91 Å². The third-order valence-corrected chi connectivity index (χ3v) is 8.39. The van der Waals surface area contributed by atoms with Gasteiger partial charge >= 0.3 is 6.09 Å². The summed E-state index contributed by atoms with van der Waals surface area (Å²) in [5, 5.41) is 21.8. The summed E-state index contributed by atoms with van der Waals surface area (Å²) in [5.41, 5.74) is 3.16. The van der Waals surface area contributed by atoms with E-state index in [0.717, 1.165) is 22.3 Å². The van der Waals surface area contributed by atoms with Crippen molar-refractivity contribution in [3.05, 3.63) is 90.3 Å². The van der Waals surface area contributed by atoms with E-state index >= 15 is 0 Å². The van der Waals surface area contributed by atoms with Gasteiger partial charge in [-0.25, -0.2) is 9.80 Å². The van der Waals surface area contributed by atoms with Gasteiger partial charge < -0.3 is 25.8 Å². The van der Waals surface area contributed by atoms with Crippen LogP contribution in [0.2, 0.25) is 0 Å². The first-order valence-electron chi connectivity index (χ1n) is 16.6. The Morgan fingerprint density at radius 3 is 1.88 bits per heavy atom. The molecule has 270 valence electrons. The molecule has 12 nitrogen and oxygen atoms in total. The zero-order valence-corrected chi connectivity index (χ0v) is 30.4. The Balaban J connectivity index is 1.96. The molecule has 0 aliphatic heterocycles. The third-order valence-electron chi connectivity index (χ3n) is 8.39. The topological polar surface area (TPSA) is 162 Å². The fourth-order valence-corrected chi connectivity index (χ4v) is 5.44. The molecule has 3 atom stereocenters. The van der Waals surface area contributed by atoms with Crippen molar-refractivity contribution in [3.8, 4) is 11.1 Å². The van der Waals surface area contributed by atoms with Crippen LogP contribution in [0.1, 0.15) is 59.1 Å². The van der Waals surface area contributed by atoms with Crippen LogP contribution in [-0.4, -0.2) is 77.3 Å². The van der Waals surface area contributed by atoms with E-state index in [1.165, 1.54) is 14.2 Å². The molecule has 12 heteroatoms. The van der Waals surface area contributed by atoms with Crippen molar-refractivity contribution in [2.45, 2.75) is 78.6 Å². The number of likely N-dealkylation sites (N-methyl/N-ethyl adjacent to an activating group) is 1. The average molecular weight is 689 g/mol. The minimum absolute atomic E-state index is 0.0316. The van der Waals surface area contributed by atoms with Crippen LogP contribution in [0.25, 0.3) is 11.1 Å². The van der Waals surface area contributed by atoms with Crippen LogP contribution in [-0.2, 0) is 32.1 Å². The molecule has 0 unspecified atom stereocenters. The summed E-state index contributed by atoms with van der Waals surface area (Å²) in [4.78, 5) is 56.9. The van der Waals surface area contributed by atoms with Crippen LogP contribution in [0.5, 0.6) is 0 Å². The van der Waals surface area contributed by atoms with E-state index in [9.17, 15) is 24.3 Å². The van der Waals surface area contributed by atoms with Gasteiger partial charge in [-0.15, -0.1) is 0 Å². The monoisotopic (exact) mass is 688 g/mol. The van der Waals surface area contributed by atoms with Gasteiger partial charge in [-0.3, -0.25) is 24.8 Å². The Morgan fingerprint density at radius 1 is 0.780 bits per heavy atom. The molecule has 5 N–H and O–H groups in total. The van der Waals surface area contributed by atoms with E-state index in [1.54, 1.807) is 17.4 Å². The number of aromatic nitrogens is 1. The smallest absolute Gasteiger partial charge is 0.407 e. The number of nitrogens with zero attached hydrogens (tertiary/aromatic N) is 2. The second-order valence-corrected chi connectivity index (χ2v) is 14.6. The van der Waals surface area contributed by atoms with E-state index in [-0.39, 0.29) is 31.8 Å². The number of hydrogen-bond donors (Lipinski definition) is 5. The molecule has 0 radical (unpaired) electrons. The summed E-state index contributed by atoms with van der Waals surface area (Å²) in [6.45, 7) is 11.2. The minimum Gasteiger partial charge on any atom is -0.453 e. The van der Waals surface area contributed by atoms with Crippen molar-refractivity contribution in [3.63, 3.8) is 0 Å². The van der Waals surface area contributed by atoms with Gasteiger partial charge in [0.05, 0.1) is 7.11 Å². The third kappa shape index (κ3) is 11.4. The summed E-state index contributed by atoms with van der Waals surface area (Å²) in [6, 6.07) is 18.8. The lowest BCUT2D eigenvalue weighted by Crippen LogP contribution is -2.60. The number of carbonyl (C=O) groups is 4. The molecule has 0 saturated carbocycles. The first-order chi connectivity index (χ1) is 23.5. The van der Waals surface area contributed by atoms with E-state index in [1.807, 2.05) is 108 Å². The minimum atomic E-state index is -1.97. The number of nitrogens with one attached hydrogen (secondary N) is 4. The quantitative estimate of drug-likeness (QED) is 0.159. The number of rotatable bonds is 14. The summed E-state index contributed by atoms with van der Waals surface area (Å²) < 4.78 is 4.78. The second-order valence-electron chi connectivity index (χ2n) is 14.6. The second kappa shape index (κ2) is 17.2. The van der Waals surface area contributed by atoms with Gasteiger partial charge in [-0.1, -0.05) is 96.1 Å². The highest BCUT2D eigenvalue weighted by Crippen LogP contribution is 2.25. The number of amides is 4. The van der Waals surface area contributed by atoms with E-state index in [0.29, 0.717) is 0 Å². The van der Waals surface area contributed by atoms with Gasteiger partial charge in [0.25, 0.3) is 11.8 Å². The predicted octanol–water partition coefficient (Wildman–Crippen LogP) is 3.99. The Morgan fingerprint density at radius 2 is 1.34 bits per heavy atom. The molecule has 1 aromatic heterocycles. The van der Waals surface area contributed by atoms with Gasteiger partial charge in [0.1, 0.15) is 17.7 Å². The highest BCUT2D eigenvalue weighted by Gasteiger charge is 2.42. The standard InChI is InChI=1S/C38H52N6O6/c1-36(2,3)30(32(45)39-7)41-34(47)38(49,24-26-12-10-9-11-13-26)20-23-44(43-33(46)31(37(4,5)6)42-35(48)50-8)25-27-14-16-28(17-15-27)29-18-21-40-22-19-29/h9-19,21-22,30-31,49H,20,23-25H2,1-8H3,(H,39,45)(H,41,47)(H,42,48)(H,43,46)/t30-,31-,38-/m1/s1. The fraction of sp³-hybridized carbons (Fsp3) is 0.447. The van der Waals surface area contributed by atoms with Crippen molar-refractivity contribution < 1.29 is 29.0 Å². The molecular formula is C38H52N6O6. The van der Waals surface area contributed by atoms with Crippen LogP contribution in [0.4, 0.5) is 4.79 Å². The number of aliphatic hydroxyl groups is 1. The molecule has 1 heterocycles. The number of ether oxygens (including phenoxy) is 1. The molecule has 0 aliphatic rings. The molecule has 0 bridgehead atoms. The van der Waals surface area contributed by atoms with Crippen molar-refractivity contribution in [2.75, 3.05) is 20.7 Å². The molecule has 0 saturated heterocycles. The van der Waals surface area contributed by atoms with Crippen molar-refractivity contribution in [1.29, 1.82) is 0 Å². The van der Waals surface area contributed by atoms with Crippen molar-refractivity contribution in [1.82, 2.24) is 31.4 Å². The van der Waals surface area contributed by atoms with Crippen LogP contribution in [0.15, 0.2) is 79.1 Å².